The lowest BCUT2D eigenvalue weighted by molar-refractivity contribution is -0.153. The number of ketones is 1. The van der Waals surface area contributed by atoms with Crippen LogP contribution in [0.25, 0.3) is 0 Å². The maximum atomic E-state index is 12.6. The average molecular weight is 320 g/mol. The third kappa shape index (κ3) is 1.68. The van der Waals surface area contributed by atoms with E-state index in [4.69, 9.17) is 14.2 Å². The summed E-state index contributed by atoms with van der Waals surface area (Å²) in [5.74, 6) is -0.535. The molecule has 2 aliphatic heterocycles. The van der Waals surface area contributed by atoms with Gasteiger partial charge in [-0.25, -0.2) is 0 Å². The molecule has 0 aromatic carbocycles. The lowest BCUT2D eigenvalue weighted by atomic mass is 9.56. The van der Waals surface area contributed by atoms with Crippen molar-refractivity contribution in [1.82, 2.24) is 0 Å². The van der Waals surface area contributed by atoms with E-state index >= 15 is 0 Å². The van der Waals surface area contributed by atoms with Crippen LogP contribution in [0.15, 0.2) is 11.6 Å². The van der Waals surface area contributed by atoms with Crippen LogP contribution in [0.1, 0.15) is 34.1 Å². The normalized spacial score (nSPS) is 53.0. The summed E-state index contributed by atoms with van der Waals surface area (Å²) < 4.78 is 16.8. The van der Waals surface area contributed by atoms with Crippen LogP contribution in [-0.2, 0) is 28.6 Å². The number of epoxide rings is 2. The fourth-order valence-electron chi connectivity index (χ4n) is 4.55. The van der Waals surface area contributed by atoms with Gasteiger partial charge in [-0.15, -0.1) is 0 Å². The van der Waals surface area contributed by atoms with Crippen molar-refractivity contribution < 1.29 is 28.6 Å². The van der Waals surface area contributed by atoms with Crippen molar-refractivity contribution in [2.24, 2.45) is 11.3 Å². The van der Waals surface area contributed by atoms with E-state index < -0.39 is 16.6 Å². The van der Waals surface area contributed by atoms with Gasteiger partial charge in [0.25, 0.3) is 0 Å². The summed E-state index contributed by atoms with van der Waals surface area (Å²) in [5.41, 5.74) is -1.61. The maximum Gasteiger partial charge on any atom is 0.303 e. The molecule has 2 saturated heterocycles. The molecular weight excluding hydrogens is 300 g/mol. The van der Waals surface area contributed by atoms with Gasteiger partial charge in [0.05, 0.1) is 0 Å². The average Bonchev–Trinajstić information content (AvgIpc) is 3.36. The first-order valence-electron chi connectivity index (χ1n) is 7.94. The molecule has 4 aliphatic rings. The zero-order valence-electron chi connectivity index (χ0n) is 13.6. The van der Waals surface area contributed by atoms with Crippen LogP contribution in [0, 0.1) is 11.3 Å². The fourth-order valence-corrected chi connectivity index (χ4v) is 4.55. The van der Waals surface area contributed by atoms with Gasteiger partial charge in [0.15, 0.2) is 23.3 Å². The van der Waals surface area contributed by atoms with Crippen LogP contribution >= 0.6 is 0 Å². The van der Waals surface area contributed by atoms with Gasteiger partial charge in [0.2, 0.25) is 0 Å². The number of hydrogen-bond acceptors (Lipinski definition) is 6. The van der Waals surface area contributed by atoms with E-state index in [0.717, 1.165) is 5.57 Å². The molecule has 0 unspecified atom stereocenters. The Bertz CT molecular complexity index is 668. The van der Waals surface area contributed by atoms with Crippen LogP contribution in [0.3, 0.4) is 0 Å². The summed E-state index contributed by atoms with van der Waals surface area (Å²) in [4.78, 5) is 35.3. The zero-order chi connectivity index (χ0) is 16.8. The molecule has 3 fully saturated rings. The molecule has 23 heavy (non-hydrogen) atoms. The molecule has 0 amide bonds. The molecule has 7 atom stereocenters. The van der Waals surface area contributed by atoms with Crippen molar-refractivity contribution in [2.75, 3.05) is 0 Å². The van der Waals surface area contributed by atoms with Gasteiger partial charge in [-0.2, -0.15) is 0 Å². The van der Waals surface area contributed by atoms with E-state index in [-0.39, 0.29) is 36.0 Å². The van der Waals surface area contributed by atoms with E-state index in [1.165, 1.54) is 6.92 Å². The van der Waals surface area contributed by atoms with E-state index in [2.05, 4.69) is 0 Å². The smallest absolute Gasteiger partial charge is 0.303 e. The zero-order valence-corrected chi connectivity index (χ0v) is 13.6. The second-order valence-electron chi connectivity index (χ2n) is 7.60. The Morgan fingerprint density at radius 3 is 2.70 bits per heavy atom. The SMILES string of the molecule is CC(=O)O[C@H]1[C@H]2O[C@H]2C2=CC(=O)[C@]3(C[C@]2(C)[C@H]1C)O[C@@]3(C)C=O. The quantitative estimate of drug-likeness (QED) is 0.428. The number of hydrogen-bond donors (Lipinski definition) is 0. The van der Waals surface area contributed by atoms with E-state index in [1.54, 1.807) is 13.0 Å². The monoisotopic (exact) mass is 320 g/mol. The highest BCUT2D eigenvalue weighted by Gasteiger charge is 2.77. The minimum absolute atomic E-state index is 0.0357. The fraction of sp³-hybridized carbons (Fsp3) is 0.706. The maximum absolute atomic E-state index is 12.6. The summed E-state index contributed by atoms with van der Waals surface area (Å²) in [5, 5.41) is 0. The molecule has 4 rings (SSSR count). The number of esters is 1. The number of carbonyl (C=O) groups is 3. The number of ether oxygens (including phenoxy) is 3. The van der Waals surface area contributed by atoms with Gasteiger partial charge in [-0.05, 0) is 25.0 Å². The van der Waals surface area contributed by atoms with Crippen molar-refractivity contribution in [2.45, 2.75) is 63.6 Å². The van der Waals surface area contributed by atoms with Crippen molar-refractivity contribution in [3.63, 3.8) is 0 Å². The summed E-state index contributed by atoms with van der Waals surface area (Å²) in [7, 11) is 0. The van der Waals surface area contributed by atoms with Gasteiger partial charge >= 0.3 is 5.97 Å². The number of aldehydes is 1. The molecule has 2 heterocycles. The molecular formula is C17H20O6. The molecule has 0 N–H and O–H groups in total. The van der Waals surface area contributed by atoms with Crippen molar-refractivity contribution in [1.29, 1.82) is 0 Å². The summed E-state index contributed by atoms with van der Waals surface area (Å²) in [6, 6.07) is 0. The van der Waals surface area contributed by atoms with Crippen molar-refractivity contribution >= 4 is 18.0 Å². The first-order chi connectivity index (χ1) is 10.7. The van der Waals surface area contributed by atoms with Gasteiger partial charge in [-0.3, -0.25) is 9.59 Å². The summed E-state index contributed by atoms with van der Waals surface area (Å²) in [6.07, 6.45) is 2.02. The largest absolute Gasteiger partial charge is 0.459 e. The second-order valence-corrected chi connectivity index (χ2v) is 7.60. The highest BCUT2D eigenvalue weighted by Crippen LogP contribution is 2.65. The first-order valence-corrected chi connectivity index (χ1v) is 7.94. The predicted octanol–water partition coefficient (Wildman–Crippen LogP) is 0.967. The van der Waals surface area contributed by atoms with Gasteiger partial charge in [-0.1, -0.05) is 13.8 Å². The summed E-state index contributed by atoms with van der Waals surface area (Å²) in [6.45, 7) is 7.08. The lowest BCUT2D eigenvalue weighted by Crippen LogP contribution is -2.53. The van der Waals surface area contributed by atoms with Crippen molar-refractivity contribution in [3.8, 4) is 0 Å². The standard InChI is InChI=1S/C17H20O6/c1-8-12(21-9(2)19)14-13(22-14)10-5-11(20)17(6-15(8,10)3)16(4,7-18)23-17/h5,7-8,12-14H,6H2,1-4H3/t8-,12+,13-,14+,15+,16-,17-/m0/s1. The summed E-state index contributed by atoms with van der Waals surface area (Å²) >= 11 is 0. The minimum atomic E-state index is -1.08. The Kier molecular flexibility index (Phi) is 2.68. The molecule has 2 aliphatic carbocycles. The topological polar surface area (TPSA) is 85.5 Å². The number of rotatable bonds is 2. The van der Waals surface area contributed by atoms with Crippen LogP contribution in [0.4, 0.5) is 0 Å². The third-order valence-electron chi connectivity index (χ3n) is 6.29. The lowest BCUT2D eigenvalue weighted by Gasteiger charge is -2.47. The van der Waals surface area contributed by atoms with Gasteiger partial charge in [0.1, 0.15) is 18.3 Å². The molecule has 0 radical (unpaired) electrons. The Hall–Kier alpha value is -1.53. The molecule has 6 nitrogen and oxygen atoms in total. The predicted molar refractivity (Wildman–Crippen MR) is 77.5 cm³/mol. The van der Waals surface area contributed by atoms with Gasteiger partial charge in [0, 0.05) is 18.3 Å². The molecule has 6 heteroatoms. The minimum Gasteiger partial charge on any atom is -0.459 e. The van der Waals surface area contributed by atoms with Crippen molar-refractivity contribution in [3.05, 3.63) is 11.6 Å². The van der Waals surface area contributed by atoms with E-state index in [0.29, 0.717) is 12.7 Å². The molecule has 0 aromatic heterocycles. The van der Waals surface area contributed by atoms with E-state index in [1.807, 2.05) is 13.8 Å². The Labute approximate surface area is 134 Å². The second kappa shape index (κ2) is 4.11. The molecule has 1 spiro atoms. The Morgan fingerprint density at radius 1 is 1.43 bits per heavy atom. The number of fused-ring (bicyclic) bond motifs is 3. The highest BCUT2D eigenvalue weighted by atomic mass is 16.6. The van der Waals surface area contributed by atoms with Crippen LogP contribution < -0.4 is 0 Å². The van der Waals surface area contributed by atoms with Crippen LogP contribution in [0.5, 0.6) is 0 Å². The number of carbonyl (C=O) groups excluding carboxylic acids is 3. The Morgan fingerprint density at radius 2 is 2.13 bits per heavy atom. The van der Waals surface area contributed by atoms with E-state index in [9.17, 15) is 14.4 Å². The van der Waals surface area contributed by atoms with Gasteiger partial charge < -0.3 is 19.0 Å². The molecule has 0 bridgehead atoms. The molecule has 0 aromatic rings. The first kappa shape index (κ1) is 15.0. The van der Waals surface area contributed by atoms with Crippen LogP contribution in [-0.4, -0.2) is 47.6 Å². The highest BCUT2D eigenvalue weighted by molar-refractivity contribution is 6.06. The third-order valence-corrected chi connectivity index (χ3v) is 6.29. The molecule has 124 valence electrons. The molecule has 1 saturated carbocycles. The Balaban J connectivity index is 1.74. The van der Waals surface area contributed by atoms with Crippen LogP contribution in [0.2, 0.25) is 0 Å².